The summed E-state index contributed by atoms with van der Waals surface area (Å²) in [6, 6.07) is 9.63. The normalized spacial score (nSPS) is 14.6. The van der Waals surface area contributed by atoms with E-state index in [9.17, 15) is 4.79 Å². The Kier molecular flexibility index (Phi) is 5.46. The van der Waals surface area contributed by atoms with Gasteiger partial charge in [0.2, 0.25) is 5.91 Å². The number of hydrogen-bond donors (Lipinski definition) is 1. The number of nitrogens with one attached hydrogen (secondary N) is 1. The molecule has 3 aromatic heterocycles. The van der Waals surface area contributed by atoms with Crippen LogP contribution in [0.15, 0.2) is 48.9 Å². The highest BCUT2D eigenvalue weighted by Gasteiger charge is 2.26. The van der Waals surface area contributed by atoms with Crippen LogP contribution in [0.2, 0.25) is 0 Å². The SMILES string of the molecule is Cc1ccnc(NC(=O)C2CCN(c3cc(C)nc(-c4ccncc4)n3)CC2)c1. The average Bonchev–Trinajstić information content (AvgIpc) is 2.74. The maximum absolute atomic E-state index is 12.6. The molecule has 1 amide bonds. The van der Waals surface area contributed by atoms with Gasteiger partial charge in [0.25, 0.3) is 0 Å². The van der Waals surface area contributed by atoms with E-state index in [4.69, 9.17) is 4.98 Å². The molecule has 29 heavy (non-hydrogen) atoms. The lowest BCUT2D eigenvalue weighted by atomic mass is 9.96. The number of aromatic nitrogens is 4. The van der Waals surface area contributed by atoms with E-state index in [1.807, 2.05) is 44.2 Å². The molecule has 0 unspecified atom stereocenters. The number of amides is 1. The molecular formula is C22H24N6O. The highest BCUT2D eigenvalue weighted by Crippen LogP contribution is 2.25. The molecule has 0 saturated carbocycles. The number of carbonyl (C=O) groups excluding carboxylic acids is 1. The molecule has 148 valence electrons. The van der Waals surface area contributed by atoms with Gasteiger partial charge in [-0.3, -0.25) is 9.78 Å². The largest absolute Gasteiger partial charge is 0.356 e. The first-order chi connectivity index (χ1) is 14.1. The van der Waals surface area contributed by atoms with Gasteiger partial charge >= 0.3 is 0 Å². The van der Waals surface area contributed by atoms with Crippen LogP contribution in [0.25, 0.3) is 11.4 Å². The van der Waals surface area contributed by atoms with E-state index in [0.29, 0.717) is 11.6 Å². The monoisotopic (exact) mass is 388 g/mol. The van der Waals surface area contributed by atoms with Crippen LogP contribution in [0, 0.1) is 19.8 Å². The van der Waals surface area contributed by atoms with Crippen molar-refractivity contribution in [2.45, 2.75) is 26.7 Å². The first kappa shape index (κ1) is 19.0. The highest BCUT2D eigenvalue weighted by molar-refractivity contribution is 5.91. The van der Waals surface area contributed by atoms with E-state index >= 15 is 0 Å². The molecule has 1 aliphatic heterocycles. The summed E-state index contributed by atoms with van der Waals surface area (Å²) in [5.41, 5.74) is 2.95. The summed E-state index contributed by atoms with van der Waals surface area (Å²) >= 11 is 0. The minimum atomic E-state index is -0.0174. The first-order valence-corrected chi connectivity index (χ1v) is 9.83. The third-order valence-corrected chi connectivity index (χ3v) is 5.14. The Balaban J connectivity index is 1.42. The van der Waals surface area contributed by atoms with Crippen molar-refractivity contribution in [1.29, 1.82) is 0 Å². The zero-order valence-electron chi connectivity index (χ0n) is 16.7. The minimum Gasteiger partial charge on any atom is -0.356 e. The number of nitrogens with zero attached hydrogens (tertiary/aromatic N) is 5. The van der Waals surface area contributed by atoms with E-state index in [0.717, 1.165) is 48.6 Å². The fourth-order valence-corrected chi connectivity index (χ4v) is 3.55. The molecule has 0 radical (unpaired) electrons. The predicted molar refractivity (Wildman–Crippen MR) is 113 cm³/mol. The molecule has 4 heterocycles. The summed E-state index contributed by atoms with van der Waals surface area (Å²) in [6.45, 7) is 5.53. The minimum absolute atomic E-state index is 0.0174. The first-order valence-electron chi connectivity index (χ1n) is 9.83. The number of rotatable bonds is 4. The third-order valence-electron chi connectivity index (χ3n) is 5.14. The summed E-state index contributed by atoms with van der Waals surface area (Å²) in [5, 5.41) is 2.95. The molecule has 4 rings (SSSR count). The van der Waals surface area contributed by atoms with Gasteiger partial charge in [-0.25, -0.2) is 15.0 Å². The van der Waals surface area contributed by atoms with E-state index in [1.165, 1.54) is 0 Å². The van der Waals surface area contributed by atoms with Crippen LogP contribution in [0.4, 0.5) is 11.6 Å². The Morgan fingerprint density at radius 1 is 1.03 bits per heavy atom. The Labute approximate surface area is 170 Å². The van der Waals surface area contributed by atoms with Crippen LogP contribution in [-0.4, -0.2) is 38.9 Å². The molecule has 0 bridgehead atoms. The average molecular weight is 388 g/mol. The molecule has 3 aromatic rings. The number of anilines is 2. The van der Waals surface area contributed by atoms with Crippen LogP contribution in [0.5, 0.6) is 0 Å². The zero-order valence-corrected chi connectivity index (χ0v) is 16.7. The Hall–Kier alpha value is -3.35. The number of piperidine rings is 1. The van der Waals surface area contributed by atoms with Gasteiger partial charge < -0.3 is 10.2 Å². The van der Waals surface area contributed by atoms with Crippen LogP contribution < -0.4 is 10.2 Å². The molecular weight excluding hydrogens is 364 g/mol. The second-order valence-corrected chi connectivity index (χ2v) is 7.40. The number of pyridine rings is 2. The number of hydrogen-bond acceptors (Lipinski definition) is 6. The Morgan fingerprint density at radius 3 is 2.52 bits per heavy atom. The van der Waals surface area contributed by atoms with Crippen molar-refractivity contribution in [2.24, 2.45) is 5.92 Å². The summed E-state index contributed by atoms with van der Waals surface area (Å²) in [4.78, 5) is 32.4. The molecule has 0 aliphatic carbocycles. The van der Waals surface area contributed by atoms with Crippen LogP contribution in [0.3, 0.4) is 0 Å². The summed E-state index contributed by atoms with van der Waals surface area (Å²) in [5.74, 6) is 2.25. The molecule has 0 atom stereocenters. The number of aryl methyl sites for hydroxylation is 2. The molecule has 0 spiro atoms. The van der Waals surface area contributed by atoms with E-state index in [1.54, 1.807) is 18.6 Å². The maximum atomic E-state index is 12.6. The lowest BCUT2D eigenvalue weighted by Gasteiger charge is -2.32. The van der Waals surface area contributed by atoms with Crippen molar-refractivity contribution in [2.75, 3.05) is 23.3 Å². The lowest BCUT2D eigenvalue weighted by molar-refractivity contribution is -0.120. The fraction of sp³-hybridized carbons (Fsp3) is 0.318. The molecule has 7 nitrogen and oxygen atoms in total. The number of carbonyl (C=O) groups is 1. The topological polar surface area (TPSA) is 83.9 Å². The smallest absolute Gasteiger partial charge is 0.228 e. The van der Waals surface area contributed by atoms with E-state index < -0.39 is 0 Å². The van der Waals surface area contributed by atoms with Crippen molar-refractivity contribution in [3.8, 4) is 11.4 Å². The van der Waals surface area contributed by atoms with Gasteiger partial charge in [-0.1, -0.05) is 0 Å². The van der Waals surface area contributed by atoms with Crippen molar-refractivity contribution in [3.63, 3.8) is 0 Å². The van der Waals surface area contributed by atoms with Gasteiger partial charge in [-0.05, 0) is 56.5 Å². The van der Waals surface area contributed by atoms with Gasteiger partial charge in [-0.15, -0.1) is 0 Å². The van der Waals surface area contributed by atoms with Crippen molar-refractivity contribution < 1.29 is 4.79 Å². The zero-order chi connectivity index (χ0) is 20.2. The van der Waals surface area contributed by atoms with Gasteiger partial charge in [0.05, 0.1) is 0 Å². The standard InChI is InChI=1S/C22H24N6O/c1-15-3-10-24-19(13-15)26-22(29)18-6-11-28(12-7-18)20-14-16(2)25-21(27-20)17-4-8-23-9-5-17/h3-5,8-10,13-14,18H,6-7,11-12H2,1-2H3,(H,24,26,29). The van der Waals surface area contributed by atoms with E-state index in [-0.39, 0.29) is 11.8 Å². The lowest BCUT2D eigenvalue weighted by Crippen LogP contribution is -2.38. The van der Waals surface area contributed by atoms with Crippen molar-refractivity contribution in [3.05, 3.63) is 60.2 Å². The van der Waals surface area contributed by atoms with Crippen LogP contribution in [0.1, 0.15) is 24.1 Å². The fourth-order valence-electron chi connectivity index (χ4n) is 3.55. The second-order valence-electron chi connectivity index (χ2n) is 7.40. The molecule has 1 saturated heterocycles. The predicted octanol–water partition coefficient (Wildman–Crippen LogP) is 3.41. The molecule has 7 heteroatoms. The van der Waals surface area contributed by atoms with Gasteiger partial charge in [0, 0.05) is 54.9 Å². The summed E-state index contributed by atoms with van der Waals surface area (Å²) in [7, 11) is 0. The molecule has 1 aliphatic rings. The molecule has 1 N–H and O–H groups in total. The molecule has 1 fully saturated rings. The maximum Gasteiger partial charge on any atom is 0.228 e. The summed E-state index contributed by atoms with van der Waals surface area (Å²) < 4.78 is 0. The van der Waals surface area contributed by atoms with Crippen molar-refractivity contribution in [1.82, 2.24) is 19.9 Å². The van der Waals surface area contributed by atoms with Gasteiger partial charge in [0.15, 0.2) is 5.82 Å². The second kappa shape index (κ2) is 8.34. The Morgan fingerprint density at radius 2 is 1.79 bits per heavy atom. The van der Waals surface area contributed by atoms with Gasteiger partial charge in [-0.2, -0.15) is 0 Å². The molecule has 0 aromatic carbocycles. The van der Waals surface area contributed by atoms with Crippen LogP contribution in [-0.2, 0) is 4.79 Å². The van der Waals surface area contributed by atoms with Crippen molar-refractivity contribution >= 4 is 17.5 Å². The van der Waals surface area contributed by atoms with Crippen LogP contribution >= 0.6 is 0 Å². The Bertz CT molecular complexity index is 999. The highest BCUT2D eigenvalue weighted by atomic mass is 16.1. The quantitative estimate of drug-likeness (QED) is 0.737. The summed E-state index contributed by atoms with van der Waals surface area (Å²) in [6.07, 6.45) is 6.77. The van der Waals surface area contributed by atoms with E-state index in [2.05, 4.69) is 25.2 Å². The van der Waals surface area contributed by atoms with Gasteiger partial charge in [0.1, 0.15) is 11.6 Å². The third kappa shape index (κ3) is 4.56.